The first kappa shape index (κ1) is 13.6. The normalized spacial score (nSPS) is 12.3. The number of phenols is 1. The van der Waals surface area contributed by atoms with Crippen LogP contribution in [0.15, 0.2) is 48.5 Å². The lowest BCUT2D eigenvalue weighted by Crippen LogP contribution is -2.21. The molecule has 0 saturated carbocycles. The molecule has 0 heterocycles. The Morgan fingerprint density at radius 2 is 1.84 bits per heavy atom. The molecule has 2 aromatic rings. The molecule has 0 aliphatic heterocycles. The fourth-order valence-electron chi connectivity index (χ4n) is 2.18. The van der Waals surface area contributed by atoms with Gasteiger partial charge in [0.2, 0.25) is 0 Å². The highest BCUT2D eigenvalue weighted by Gasteiger charge is 2.04. The van der Waals surface area contributed by atoms with Gasteiger partial charge in [0.05, 0.1) is 0 Å². The number of phenolic OH excluding ortho intramolecular Hbond substituents is 1. The maximum Gasteiger partial charge on any atom is 0.115 e. The van der Waals surface area contributed by atoms with Gasteiger partial charge in [0.15, 0.2) is 0 Å². The van der Waals surface area contributed by atoms with Crippen LogP contribution in [-0.2, 0) is 6.42 Å². The lowest BCUT2D eigenvalue weighted by molar-refractivity contribution is 0.474. The highest BCUT2D eigenvalue weighted by atomic mass is 16.3. The molecule has 100 valence electrons. The number of nitrogens with one attached hydrogen (secondary N) is 1. The summed E-state index contributed by atoms with van der Waals surface area (Å²) in [6.45, 7) is 5.21. The minimum absolute atomic E-state index is 0.297. The van der Waals surface area contributed by atoms with E-state index in [4.69, 9.17) is 0 Å². The Hall–Kier alpha value is -1.80. The molecular formula is C17H21NO. The van der Waals surface area contributed by atoms with Crippen molar-refractivity contribution in [1.29, 1.82) is 0 Å². The van der Waals surface area contributed by atoms with E-state index in [-0.39, 0.29) is 0 Å². The van der Waals surface area contributed by atoms with E-state index in [1.165, 1.54) is 16.7 Å². The van der Waals surface area contributed by atoms with E-state index in [9.17, 15) is 5.11 Å². The fourth-order valence-corrected chi connectivity index (χ4v) is 2.18. The van der Waals surface area contributed by atoms with E-state index < -0.39 is 0 Å². The number of hydrogen-bond donors (Lipinski definition) is 2. The molecule has 0 fully saturated rings. The smallest absolute Gasteiger partial charge is 0.115 e. The number of aromatic hydroxyl groups is 1. The largest absolute Gasteiger partial charge is 0.508 e. The monoisotopic (exact) mass is 255 g/mol. The Bertz CT molecular complexity index is 519. The Morgan fingerprint density at radius 3 is 2.53 bits per heavy atom. The molecule has 2 nitrogen and oxygen atoms in total. The molecule has 2 N–H and O–H groups in total. The second-order valence-electron chi connectivity index (χ2n) is 5.01. The van der Waals surface area contributed by atoms with Gasteiger partial charge < -0.3 is 10.4 Å². The van der Waals surface area contributed by atoms with Crippen LogP contribution in [0.25, 0.3) is 0 Å². The predicted octanol–water partition coefficient (Wildman–Crippen LogP) is 3.59. The molecule has 0 bridgehead atoms. The number of benzene rings is 2. The van der Waals surface area contributed by atoms with Crippen molar-refractivity contribution in [1.82, 2.24) is 5.32 Å². The number of hydrogen-bond acceptors (Lipinski definition) is 2. The highest BCUT2D eigenvalue weighted by Crippen LogP contribution is 2.16. The zero-order valence-electron chi connectivity index (χ0n) is 11.6. The van der Waals surface area contributed by atoms with Gasteiger partial charge in [-0.2, -0.15) is 0 Å². The van der Waals surface area contributed by atoms with Crippen LogP contribution >= 0.6 is 0 Å². The molecule has 0 aromatic heterocycles. The van der Waals surface area contributed by atoms with Gasteiger partial charge in [-0.1, -0.05) is 42.0 Å². The van der Waals surface area contributed by atoms with Gasteiger partial charge in [-0.3, -0.25) is 0 Å². The zero-order chi connectivity index (χ0) is 13.7. The van der Waals surface area contributed by atoms with Crippen molar-refractivity contribution in [3.8, 4) is 5.75 Å². The lowest BCUT2D eigenvalue weighted by atomic mass is 10.1. The first-order valence-corrected chi connectivity index (χ1v) is 6.73. The molecule has 2 rings (SSSR count). The van der Waals surface area contributed by atoms with Crippen molar-refractivity contribution in [2.45, 2.75) is 26.3 Å². The molecule has 0 aliphatic carbocycles. The molecule has 0 aliphatic rings. The summed E-state index contributed by atoms with van der Waals surface area (Å²) in [6, 6.07) is 16.3. The minimum Gasteiger partial charge on any atom is -0.508 e. The lowest BCUT2D eigenvalue weighted by Gasteiger charge is -2.14. The summed E-state index contributed by atoms with van der Waals surface area (Å²) < 4.78 is 0. The summed E-state index contributed by atoms with van der Waals surface area (Å²) in [5, 5.41) is 12.8. The zero-order valence-corrected chi connectivity index (χ0v) is 11.6. The molecule has 2 aromatic carbocycles. The van der Waals surface area contributed by atoms with E-state index in [0.717, 1.165) is 13.0 Å². The first-order valence-electron chi connectivity index (χ1n) is 6.73. The number of aryl methyl sites for hydroxylation is 1. The topological polar surface area (TPSA) is 32.3 Å². The third kappa shape index (κ3) is 4.11. The number of rotatable bonds is 5. The van der Waals surface area contributed by atoms with Gasteiger partial charge in [-0.25, -0.2) is 0 Å². The second kappa shape index (κ2) is 6.39. The Morgan fingerprint density at radius 1 is 1.11 bits per heavy atom. The molecule has 0 amide bonds. The van der Waals surface area contributed by atoms with E-state index in [2.05, 4.69) is 43.4 Å². The molecule has 2 heteroatoms. The van der Waals surface area contributed by atoms with Crippen LogP contribution in [0.4, 0.5) is 0 Å². The van der Waals surface area contributed by atoms with Crippen molar-refractivity contribution in [3.05, 3.63) is 65.2 Å². The van der Waals surface area contributed by atoms with E-state index in [1.807, 2.05) is 12.1 Å². The van der Waals surface area contributed by atoms with Crippen molar-refractivity contribution < 1.29 is 5.11 Å². The average Bonchev–Trinajstić information content (AvgIpc) is 2.39. The third-order valence-corrected chi connectivity index (χ3v) is 3.34. The average molecular weight is 255 g/mol. The fraction of sp³-hybridized carbons (Fsp3) is 0.294. The van der Waals surface area contributed by atoms with E-state index >= 15 is 0 Å². The van der Waals surface area contributed by atoms with E-state index in [1.54, 1.807) is 12.1 Å². The van der Waals surface area contributed by atoms with Crippen LogP contribution in [0.3, 0.4) is 0 Å². The van der Waals surface area contributed by atoms with Crippen LogP contribution in [0.1, 0.15) is 29.7 Å². The minimum atomic E-state index is 0.297. The maximum absolute atomic E-state index is 9.27. The summed E-state index contributed by atoms with van der Waals surface area (Å²) in [5.74, 6) is 0.315. The van der Waals surface area contributed by atoms with Crippen molar-refractivity contribution >= 4 is 0 Å². The molecule has 1 unspecified atom stereocenters. The Balaban J connectivity index is 1.84. The summed E-state index contributed by atoms with van der Waals surface area (Å²) in [6.07, 6.45) is 1.03. The standard InChI is InChI=1S/C17H21NO/c1-13-4-3-5-15(12-13)10-11-18-14(2)16-6-8-17(19)9-7-16/h3-9,12,14,18-19H,10-11H2,1-2H3. The van der Waals surface area contributed by atoms with Crippen molar-refractivity contribution in [2.75, 3.05) is 6.54 Å². The third-order valence-electron chi connectivity index (χ3n) is 3.34. The Labute approximate surface area is 115 Å². The van der Waals surface area contributed by atoms with Gasteiger partial charge in [0, 0.05) is 6.04 Å². The van der Waals surface area contributed by atoms with Crippen molar-refractivity contribution in [3.63, 3.8) is 0 Å². The van der Waals surface area contributed by atoms with Gasteiger partial charge >= 0.3 is 0 Å². The maximum atomic E-state index is 9.27. The van der Waals surface area contributed by atoms with Gasteiger partial charge in [-0.15, -0.1) is 0 Å². The van der Waals surface area contributed by atoms with Crippen molar-refractivity contribution in [2.24, 2.45) is 0 Å². The molecule has 0 radical (unpaired) electrons. The quantitative estimate of drug-likeness (QED) is 0.855. The SMILES string of the molecule is Cc1cccc(CCNC(C)c2ccc(O)cc2)c1. The van der Waals surface area contributed by atoms with Gasteiger partial charge in [0.1, 0.15) is 5.75 Å². The summed E-state index contributed by atoms with van der Waals surface area (Å²) >= 11 is 0. The Kier molecular flexibility index (Phi) is 4.58. The molecule has 1 atom stereocenters. The van der Waals surface area contributed by atoms with Gasteiger partial charge in [0.25, 0.3) is 0 Å². The first-order chi connectivity index (χ1) is 9.15. The molecular weight excluding hydrogens is 234 g/mol. The van der Waals surface area contributed by atoms with Crippen LogP contribution in [-0.4, -0.2) is 11.7 Å². The van der Waals surface area contributed by atoms with Gasteiger partial charge in [-0.05, 0) is 50.1 Å². The second-order valence-corrected chi connectivity index (χ2v) is 5.01. The molecule has 19 heavy (non-hydrogen) atoms. The van der Waals surface area contributed by atoms with E-state index in [0.29, 0.717) is 11.8 Å². The predicted molar refractivity (Wildman–Crippen MR) is 79.4 cm³/mol. The molecule has 0 spiro atoms. The van der Waals surface area contributed by atoms with Crippen LogP contribution in [0, 0.1) is 6.92 Å². The van der Waals surface area contributed by atoms with Crippen LogP contribution < -0.4 is 5.32 Å². The summed E-state index contributed by atoms with van der Waals surface area (Å²) in [7, 11) is 0. The summed E-state index contributed by atoms with van der Waals surface area (Å²) in [5.41, 5.74) is 3.87. The van der Waals surface area contributed by atoms with Crippen LogP contribution in [0.2, 0.25) is 0 Å². The highest BCUT2D eigenvalue weighted by molar-refractivity contribution is 5.27. The van der Waals surface area contributed by atoms with Crippen LogP contribution in [0.5, 0.6) is 5.75 Å². The summed E-state index contributed by atoms with van der Waals surface area (Å²) in [4.78, 5) is 0. The molecule has 0 saturated heterocycles.